The Morgan fingerprint density at radius 3 is 3.11 bits per heavy atom. The Morgan fingerprint density at radius 2 is 2.28 bits per heavy atom. The minimum atomic E-state index is 0.471. The number of rotatable bonds is 2. The van der Waals surface area contributed by atoms with E-state index in [-0.39, 0.29) is 0 Å². The van der Waals surface area contributed by atoms with Crippen molar-refractivity contribution in [2.45, 2.75) is 45.6 Å². The molecule has 3 nitrogen and oxygen atoms in total. The van der Waals surface area contributed by atoms with E-state index in [1.165, 1.54) is 25.7 Å². The largest absolute Gasteiger partial charge is 0.368 e. The van der Waals surface area contributed by atoms with Gasteiger partial charge in [0.15, 0.2) is 0 Å². The van der Waals surface area contributed by atoms with Gasteiger partial charge < -0.3 is 5.32 Å². The Labute approximate surface area is 108 Å². The summed E-state index contributed by atoms with van der Waals surface area (Å²) in [5, 5.41) is 3.69. The molecule has 0 amide bonds. The van der Waals surface area contributed by atoms with Crippen LogP contribution in [0.2, 0.25) is 0 Å². The third kappa shape index (κ3) is 2.22. The molecule has 1 atom stereocenters. The predicted octanol–water partition coefficient (Wildman–Crippen LogP) is 3.72. The molecule has 1 N–H and O–H groups in total. The first-order valence-electron chi connectivity index (χ1n) is 6.83. The molecule has 0 aromatic carbocycles. The second kappa shape index (κ2) is 4.30. The van der Waals surface area contributed by atoms with Gasteiger partial charge in [0.1, 0.15) is 11.5 Å². The lowest BCUT2D eigenvalue weighted by atomic mass is 9.75. The highest BCUT2D eigenvalue weighted by Crippen LogP contribution is 2.36. The van der Waals surface area contributed by atoms with Gasteiger partial charge in [0.05, 0.1) is 0 Å². The summed E-state index contributed by atoms with van der Waals surface area (Å²) >= 11 is 0. The highest BCUT2D eigenvalue weighted by atomic mass is 15.1. The Kier molecular flexibility index (Phi) is 2.77. The first kappa shape index (κ1) is 11.6. The van der Waals surface area contributed by atoms with Crippen LogP contribution in [-0.2, 0) is 0 Å². The Hall–Kier alpha value is -1.51. The Balaban J connectivity index is 1.82. The first-order chi connectivity index (χ1) is 8.64. The molecule has 0 radical (unpaired) electrons. The maximum absolute atomic E-state index is 4.32. The van der Waals surface area contributed by atoms with Gasteiger partial charge in [0.25, 0.3) is 0 Å². The van der Waals surface area contributed by atoms with E-state index in [0.717, 1.165) is 11.5 Å². The fraction of sp³-hybridized carbons (Fsp3) is 0.533. The molecule has 1 aliphatic rings. The fourth-order valence-corrected chi connectivity index (χ4v) is 3.10. The molecule has 0 spiro atoms. The van der Waals surface area contributed by atoms with E-state index in [9.17, 15) is 0 Å². The molecule has 0 bridgehead atoms. The molecule has 1 saturated carbocycles. The number of imidazole rings is 1. The van der Waals surface area contributed by atoms with Crippen molar-refractivity contribution in [2.75, 3.05) is 5.32 Å². The van der Waals surface area contributed by atoms with Crippen molar-refractivity contribution in [1.82, 2.24) is 9.38 Å². The van der Waals surface area contributed by atoms with Crippen molar-refractivity contribution in [3.63, 3.8) is 0 Å². The molecule has 0 saturated heterocycles. The minimum Gasteiger partial charge on any atom is -0.368 e. The van der Waals surface area contributed by atoms with E-state index in [0.29, 0.717) is 11.5 Å². The van der Waals surface area contributed by atoms with Crippen molar-refractivity contribution in [2.24, 2.45) is 5.41 Å². The number of hydrogen-bond acceptors (Lipinski definition) is 2. The molecule has 2 heterocycles. The number of nitrogens with zero attached hydrogens (tertiary/aromatic N) is 2. The topological polar surface area (TPSA) is 29.3 Å². The van der Waals surface area contributed by atoms with Gasteiger partial charge >= 0.3 is 0 Å². The van der Waals surface area contributed by atoms with Crippen LogP contribution in [0.3, 0.4) is 0 Å². The summed E-state index contributed by atoms with van der Waals surface area (Å²) < 4.78 is 2.13. The van der Waals surface area contributed by atoms with Gasteiger partial charge in [-0.15, -0.1) is 0 Å². The number of pyridine rings is 1. The van der Waals surface area contributed by atoms with Crippen LogP contribution in [0.5, 0.6) is 0 Å². The van der Waals surface area contributed by atoms with Crippen molar-refractivity contribution >= 4 is 11.5 Å². The fourth-order valence-electron chi connectivity index (χ4n) is 3.10. The maximum Gasteiger partial charge on any atom is 0.138 e. The average Bonchev–Trinajstić information content (AvgIpc) is 2.77. The summed E-state index contributed by atoms with van der Waals surface area (Å²) in [5.41, 5.74) is 1.48. The van der Waals surface area contributed by atoms with Gasteiger partial charge in [0.2, 0.25) is 0 Å². The van der Waals surface area contributed by atoms with Crippen molar-refractivity contribution in [3.05, 3.63) is 30.6 Å². The van der Waals surface area contributed by atoms with Gasteiger partial charge in [-0.25, -0.2) is 4.98 Å². The van der Waals surface area contributed by atoms with Gasteiger partial charge in [0, 0.05) is 18.4 Å². The van der Waals surface area contributed by atoms with Crippen LogP contribution in [0.1, 0.15) is 39.5 Å². The van der Waals surface area contributed by atoms with Gasteiger partial charge in [-0.1, -0.05) is 26.3 Å². The number of anilines is 1. The van der Waals surface area contributed by atoms with Gasteiger partial charge in [-0.2, -0.15) is 0 Å². The molecule has 1 fully saturated rings. The van der Waals surface area contributed by atoms with Crippen LogP contribution in [0.15, 0.2) is 30.6 Å². The SMILES string of the molecule is CC1(C)CCCC(Nc2cccc3nccn23)C1. The third-order valence-corrected chi connectivity index (χ3v) is 3.99. The Morgan fingerprint density at radius 1 is 1.39 bits per heavy atom. The summed E-state index contributed by atoms with van der Waals surface area (Å²) in [6, 6.07) is 6.83. The molecule has 3 heteroatoms. The van der Waals surface area contributed by atoms with Crippen LogP contribution >= 0.6 is 0 Å². The monoisotopic (exact) mass is 243 g/mol. The summed E-state index contributed by atoms with van der Waals surface area (Å²) in [7, 11) is 0. The Bertz CT molecular complexity index is 541. The molecule has 2 aromatic heterocycles. The lowest BCUT2D eigenvalue weighted by molar-refractivity contribution is 0.229. The van der Waals surface area contributed by atoms with Crippen LogP contribution in [0.25, 0.3) is 5.65 Å². The lowest BCUT2D eigenvalue weighted by Crippen LogP contribution is -2.32. The molecule has 1 aliphatic carbocycles. The zero-order chi connectivity index (χ0) is 12.6. The van der Waals surface area contributed by atoms with Crippen molar-refractivity contribution < 1.29 is 0 Å². The molecule has 2 aromatic rings. The van der Waals surface area contributed by atoms with Crippen molar-refractivity contribution in [3.8, 4) is 0 Å². The van der Waals surface area contributed by atoms with Crippen LogP contribution in [0, 0.1) is 5.41 Å². The molecular formula is C15H21N3. The smallest absolute Gasteiger partial charge is 0.138 e. The van der Waals surface area contributed by atoms with Crippen LogP contribution in [0.4, 0.5) is 5.82 Å². The summed E-state index contributed by atoms with van der Waals surface area (Å²) in [5.74, 6) is 1.16. The summed E-state index contributed by atoms with van der Waals surface area (Å²) in [4.78, 5) is 4.32. The standard InChI is InChI=1S/C15H21N3/c1-15(2)8-4-5-12(11-15)17-14-7-3-6-13-16-9-10-18(13)14/h3,6-7,9-10,12,17H,4-5,8,11H2,1-2H3. The lowest BCUT2D eigenvalue weighted by Gasteiger charge is -2.36. The average molecular weight is 243 g/mol. The number of hydrogen-bond donors (Lipinski definition) is 1. The molecular weight excluding hydrogens is 222 g/mol. The van der Waals surface area contributed by atoms with Crippen LogP contribution < -0.4 is 5.32 Å². The highest BCUT2D eigenvalue weighted by Gasteiger charge is 2.27. The zero-order valence-electron chi connectivity index (χ0n) is 11.2. The van der Waals surface area contributed by atoms with E-state index >= 15 is 0 Å². The molecule has 1 unspecified atom stereocenters. The predicted molar refractivity (Wildman–Crippen MR) is 74.9 cm³/mol. The third-order valence-electron chi connectivity index (χ3n) is 3.99. The van der Waals surface area contributed by atoms with E-state index in [2.05, 4.69) is 40.7 Å². The zero-order valence-corrected chi connectivity index (χ0v) is 11.2. The highest BCUT2D eigenvalue weighted by molar-refractivity contribution is 5.50. The quantitative estimate of drug-likeness (QED) is 0.871. The number of fused-ring (bicyclic) bond motifs is 1. The van der Waals surface area contributed by atoms with E-state index < -0.39 is 0 Å². The second-order valence-corrected chi connectivity index (χ2v) is 6.17. The van der Waals surface area contributed by atoms with E-state index in [1.54, 1.807) is 0 Å². The normalized spacial score (nSPS) is 23.1. The van der Waals surface area contributed by atoms with Crippen molar-refractivity contribution in [1.29, 1.82) is 0 Å². The second-order valence-electron chi connectivity index (χ2n) is 6.17. The van der Waals surface area contributed by atoms with E-state index in [1.807, 2.05) is 18.5 Å². The molecule has 3 rings (SSSR count). The molecule has 0 aliphatic heterocycles. The number of nitrogens with one attached hydrogen (secondary N) is 1. The van der Waals surface area contributed by atoms with Gasteiger partial charge in [-0.05, 0) is 36.8 Å². The maximum atomic E-state index is 4.32. The van der Waals surface area contributed by atoms with Crippen LogP contribution in [-0.4, -0.2) is 15.4 Å². The van der Waals surface area contributed by atoms with Gasteiger partial charge in [-0.3, -0.25) is 4.40 Å². The molecule has 18 heavy (non-hydrogen) atoms. The van der Waals surface area contributed by atoms with E-state index in [4.69, 9.17) is 0 Å². The minimum absolute atomic E-state index is 0.471. The molecule has 96 valence electrons. The summed E-state index contributed by atoms with van der Waals surface area (Å²) in [6.07, 6.45) is 9.06. The number of aromatic nitrogens is 2. The first-order valence-corrected chi connectivity index (χ1v) is 6.83. The summed E-state index contributed by atoms with van der Waals surface area (Å²) in [6.45, 7) is 4.75.